The van der Waals surface area contributed by atoms with Gasteiger partial charge in [0.15, 0.2) is 0 Å². The van der Waals surface area contributed by atoms with Crippen LogP contribution in [-0.4, -0.2) is 52.0 Å². The van der Waals surface area contributed by atoms with Crippen LogP contribution in [0.15, 0.2) is 79.3 Å². The highest BCUT2D eigenvalue weighted by molar-refractivity contribution is 6.04. The fourth-order valence-corrected chi connectivity index (χ4v) is 4.23. The van der Waals surface area contributed by atoms with Gasteiger partial charge in [-0.1, -0.05) is 6.07 Å². The predicted octanol–water partition coefficient (Wildman–Crippen LogP) is 5.32. The van der Waals surface area contributed by atoms with Crippen LogP contribution in [0.2, 0.25) is 0 Å². The van der Waals surface area contributed by atoms with E-state index in [1.165, 1.54) is 0 Å². The van der Waals surface area contributed by atoms with Crippen molar-refractivity contribution in [2.45, 2.75) is 25.9 Å². The van der Waals surface area contributed by atoms with Crippen molar-refractivity contribution in [2.24, 2.45) is 0 Å². The van der Waals surface area contributed by atoms with Crippen LogP contribution in [0.4, 0.5) is 17.3 Å². The van der Waals surface area contributed by atoms with Crippen LogP contribution in [0, 0.1) is 6.92 Å². The van der Waals surface area contributed by atoms with Gasteiger partial charge in [0.25, 0.3) is 5.91 Å². The molecule has 2 N–H and O–H groups in total. The number of aromatic nitrogens is 3. The number of hydrogen-bond donors (Lipinski definition) is 2. The number of benzene rings is 2. The highest BCUT2D eigenvalue weighted by Gasteiger charge is 2.18. The Balaban J connectivity index is 1.24. The van der Waals surface area contributed by atoms with Crippen LogP contribution < -0.4 is 15.4 Å². The minimum absolute atomic E-state index is 0.185. The van der Waals surface area contributed by atoms with Crippen LogP contribution in [0.25, 0.3) is 11.3 Å². The number of piperidine rings is 1. The summed E-state index contributed by atoms with van der Waals surface area (Å²) in [4.78, 5) is 28.3. The normalized spacial score (nSPS) is 14.2. The molecule has 8 nitrogen and oxygen atoms in total. The van der Waals surface area contributed by atoms with Gasteiger partial charge in [-0.2, -0.15) is 0 Å². The van der Waals surface area contributed by atoms with Gasteiger partial charge in [-0.3, -0.25) is 9.78 Å². The molecule has 188 valence electrons. The molecule has 0 bridgehead atoms. The molecule has 1 saturated heterocycles. The number of amides is 1. The average molecular weight is 495 g/mol. The predicted molar refractivity (Wildman–Crippen MR) is 145 cm³/mol. The van der Waals surface area contributed by atoms with Crippen LogP contribution in [0.5, 0.6) is 5.75 Å². The molecule has 0 spiro atoms. The molecule has 1 fully saturated rings. The fourth-order valence-electron chi connectivity index (χ4n) is 4.23. The molecule has 3 heterocycles. The molecule has 1 aliphatic heterocycles. The number of likely N-dealkylation sites (tertiary alicyclic amines) is 1. The van der Waals surface area contributed by atoms with E-state index in [4.69, 9.17) is 4.74 Å². The van der Waals surface area contributed by atoms with Crippen molar-refractivity contribution in [1.82, 2.24) is 19.9 Å². The summed E-state index contributed by atoms with van der Waals surface area (Å²) >= 11 is 0. The Morgan fingerprint density at radius 1 is 1.03 bits per heavy atom. The van der Waals surface area contributed by atoms with Crippen LogP contribution in [0.1, 0.15) is 28.8 Å². The summed E-state index contributed by atoms with van der Waals surface area (Å²) in [5.41, 5.74) is 4.74. The van der Waals surface area contributed by atoms with Crippen LogP contribution in [0.3, 0.4) is 0 Å². The molecule has 2 aromatic carbocycles. The molecule has 2 aromatic heterocycles. The lowest BCUT2D eigenvalue weighted by molar-refractivity contribution is 0.102. The summed E-state index contributed by atoms with van der Waals surface area (Å²) in [5.74, 6) is 1.07. The Bertz CT molecular complexity index is 1350. The Labute approximate surface area is 216 Å². The van der Waals surface area contributed by atoms with Crippen molar-refractivity contribution >= 4 is 23.2 Å². The van der Waals surface area contributed by atoms with E-state index in [1.54, 1.807) is 30.7 Å². The van der Waals surface area contributed by atoms with Gasteiger partial charge in [0.1, 0.15) is 11.9 Å². The number of hydrogen-bond acceptors (Lipinski definition) is 7. The minimum atomic E-state index is -0.185. The van der Waals surface area contributed by atoms with E-state index in [0.29, 0.717) is 17.2 Å². The first-order chi connectivity index (χ1) is 18.0. The van der Waals surface area contributed by atoms with Crippen LogP contribution >= 0.6 is 0 Å². The Morgan fingerprint density at radius 3 is 2.59 bits per heavy atom. The van der Waals surface area contributed by atoms with Crippen molar-refractivity contribution in [2.75, 3.05) is 30.8 Å². The van der Waals surface area contributed by atoms with Gasteiger partial charge in [-0.25, -0.2) is 9.97 Å². The zero-order valence-corrected chi connectivity index (χ0v) is 21.0. The molecule has 0 radical (unpaired) electrons. The van der Waals surface area contributed by atoms with Gasteiger partial charge in [0.2, 0.25) is 5.95 Å². The number of anilines is 3. The van der Waals surface area contributed by atoms with E-state index in [0.717, 1.165) is 54.2 Å². The van der Waals surface area contributed by atoms with Crippen molar-refractivity contribution < 1.29 is 9.53 Å². The number of carbonyl (C=O) groups is 1. The van der Waals surface area contributed by atoms with E-state index in [9.17, 15) is 4.79 Å². The number of carbonyl (C=O) groups excluding carboxylic acids is 1. The van der Waals surface area contributed by atoms with Gasteiger partial charge < -0.3 is 20.3 Å². The van der Waals surface area contributed by atoms with E-state index < -0.39 is 0 Å². The minimum Gasteiger partial charge on any atom is -0.490 e. The number of nitrogens with zero attached hydrogens (tertiary/aromatic N) is 4. The first kappa shape index (κ1) is 24.4. The molecule has 0 aliphatic carbocycles. The molecule has 0 unspecified atom stereocenters. The maximum absolute atomic E-state index is 12.9. The summed E-state index contributed by atoms with van der Waals surface area (Å²) < 4.78 is 6.10. The molecular weight excluding hydrogens is 464 g/mol. The summed E-state index contributed by atoms with van der Waals surface area (Å²) in [5, 5.41) is 6.25. The topological polar surface area (TPSA) is 92.3 Å². The largest absolute Gasteiger partial charge is 0.490 e. The first-order valence-corrected chi connectivity index (χ1v) is 12.4. The lowest BCUT2D eigenvalue weighted by Gasteiger charge is -2.29. The Morgan fingerprint density at radius 2 is 1.84 bits per heavy atom. The first-order valence-electron chi connectivity index (χ1n) is 12.4. The maximum Gasteiger partial charge on any atom is 0.255 e. The standard InChI is InChI=1S/C29H30N6O2/c1-20-5-8-23(18-27(20)34-29-31-15-11-26(33-29)22-4-3-14-30-19-22)32-28(36)21-6-9-24(10-7-21)37-25-12-16-35(2)17-13-25/h3-11,14-15,18-19,25H,12-13,16-17H2,1-2H3,(H,32,36)(H,31,33,34). The monoisotopic (exact) mass is 494 g/mol. The lowest BCUT2D eigenvalue weighted by atomic mass is 10.1. The van der Waals surface area contributed by atoms with Crippen molar-refractivity contribution in [3.8, 4) is 17.0 Å². The number of nitrogens with one attached hydrogen (secondary N) is 2. The third-order valence-corrected chi connectivity index (χ3v) is 6.44. The molecule has 8 heteroatoms. The third-order valence-electron chi connectivity index (χ3n) is 6.44. The van der Waals surface area contributed by atoms with Crippen molar-refractivity contribution in [1.29, 1.82) is 0 Å². The quantitative estimate of drug-likeness (QED) is 0.359. The van der Waals surface area contributed by atoms with E-state index in [2.05, 4.69) is 37.5 Å². The molecule has 37 heavy (non-hydrogen) atoms. The van der Waals surface area contributed by atoms with Crippen molar-refractivity contribution in [3.63, 3.8) is 0 Å². The lowest BCUT2D eigenvalue weighted by Crippen LogP contribution is -2.35. The summed E-state index contributed by atoms with van der Waals surface area (Å²) in [6, 6.07) is 18.7. The van der Waals surface area contributed by atoms with Gasteiger partial charge in [-0.05, 0) is 87.0 Å². The second kappa shape index (κ2) is 11.2. The molecule has 0 saturated carbocycles. The second-order valence-corrected chi connectivity index (χ2v) is 9.26. The van der Waals surface area contributed by atoms with E-state index in [1.807, 2.05) is 55.5 Å². The van der Waals surface area contributed by atoms with Crippen molar-refractivity contribution in [3.05, 3.63) is 90.4 Å². The Kier molecular flexibility index (Phi) is 7.37. The van der Waals surface area contributed by atoms with Gasteiger partial charge in [0.05, 0.1) is 5.69 Å². The van der Waals surface area contributed by atoms with Crippen LogP contribution in [-0.2, 0) is 0 Å². The molecule has 4 aromatic rings. The highest BCUT2D eigenvalue weighted by Crippen LogP contribution is 2.25. The summed E-state index contributed by atoms with van der Waals surface area (Å²) in [7, 11) is 2.13. The fraction of sp³-hybridized carbons (Fsp3) is 0.241. The third kappa shape index (κ3) is 6.29. The molecule has 1 amide bonds. The number of aryl methyl sites for hydroxylation is 1. The number of ether oxygens (including phenoxy) is 1. The smallest absolute Gasteiger partial charge is 0.255 e. The van der Waals surface area contributed by atoms with Gasteiger partial charge in [0, 0.05) is 54.2 Å². The molecule has 1 aliphatic rings. The number of rotatable bonds is 7. The van der Waals surface area contributed by atoms with E-state index >= 15 is 0 Å². The Hall–Kier alpha value is -4.30. The zero-order valence-electron chi connectivity index (χ0n) is 21.0. The van der Waals surface area contributed by atoms with Gasteiger partial charge in [-0.15, -0.1) is 0 Å². The highest BCUT2D eigenvalue weighted by atomic mass is 16.5. The van der Waals surface area contributed by atoms with Gasteiger partial charge >= 0.3 is 0 Å². The maximum atomic E-state index is 12.9. The second-order valence-electron chi connectivity index (χ2n) is 9.26. The summed E-state index contributed by atoms with van der Waals surface area (Å²) in [6.45, 7) is 4.07. The number of pyridine rings is 1. The van der Waals surface area contributed by atoms with E-state index in [-0.39, 0.29) is 12.0 Å². The average Bonchev–Trinajstić information content (AvgIpc) is 2.93. The molecular formula is C29H30N6O2. The molecule has 5 rings (SSSR count). The molecule has 0 atom stereocenters. The zero-order chi connectivity index (χ0) is 25.6. The summed E-state index contributed by atoms with van der Waals surface area (Å²) in [6.07, 6.45) is 7.46. The SMILES string of the molecule is Cc1ccc(NC(=O)c2ccc(OC3CCN(C)CC3)cc2)cc1Nc1nccc(-c2cccnc2)n1.